The van der Waals surface area contributed by atoms with Crippen LogP contribution in [-0.4, -0.2) is 51.9 Å². The lowest BCUT2D eigenvalue weighted by Crippen LogP contribution is -2.43. The molecule has 1 saturated carbocycles. The Balaban J connectivity index is 1.55. The number of nitrogens with one attached hydrogen (secondary N) is 1. The van der Waals surface area contributed by atoms with Gasteiger partial charge in [0.05, 0.1) is 42.4 Å². The number of fused-ring (bicyclic) bond motifs is 1. The molecule has 0 spiro atoms. The van der Waals surface area contributed by atoms with Crippen LogP contribution in [0.25, 0.3) is 22.2 Å². The standard InChI is InChI=1S/C30H28Cl2F3N5O5/c1-3-45-27-15(11-23(36)41)10-22(38-26(27)14-7-19(31)24(33)20(32)8-14)30(43,18-4-5-18)13-37-28(42)16-6-17-12-40(29(34)35)39-25(17)21(9-16)44-2/h6-10,12,18,29,43H,3-5,11,13H2,1-2H3,(H2,36,41)(H,37,42)/t30-/m1/s1. The number of benzene rings is 2. The van der Waals surface area contributed by atoms with Gasteiger partial charge in [-0.25, -0.2) is 14.1 Å². The molecule has 2 aromatic heterocycles. The summed E-state index contributed by atoms with van der Waals surface area (Å²) < 4.78 is 52.3. The minimum Gasteiger partial charge on any atom is -0.494 e. The third-order valence-corrected chi connectivity index (χ3v) is 8.00. The number of nitrogens with two attached hydrogens (primary N) is 1. The van der Waals surface area contributed by atoms with Crippen LogP contribution in [0.15, 0.2) is 36.5 Å². The summed E-state index contributed by atoms with van der Waals surface area (Å²) in [6.07, 6.45) is 2.05. The highest BCUT2D eigenvalue weighted by Crippen LogP contribution is 2.47. The molecule has 45 heavy (non-hydrogen) atoms. The number of rotatable bonds is 12. The van der Waals surface area contributed by atoms with E-state index in [2.05, 4.69) is 10.4 Å². The van der Waals surface area contributed by atoms with Gasteiger partial charge in [0, 0.05) is 28.3 Å². The number of amides is 2. The van der Waals surface area contributed by atoms with Gasteiger partial charge in [-0.05, 0) is 56.0 Å². The first-order valence-corrected chi connectivity index (χ1v) is 14.6. The van der Waals surface area contributed by atoms with E-state index in [0.29, 0.717) is 23.1 Å². The van der Waals surface area contributed by atoms with Crippen molar-refractivity contribution in [2.24, 2.45) is 11.7 Å². The Labute approximate surface area is 265 Å². The van der Waals surface area contributed by atoms with Crippen molar-refractivity contribution in [1.29, 1.82) is 0 Å². The van der Waals surface area contributed by atoms with Crippen molar-refractivity contribution < 1.29 is 37.3 Å². The zero-order valence-corrected chi connectivity index (χ0v) is 25.6. The lowest BCUT2D eigenvalue weighted by atomic mass is 9.90. The molecule has 2 amide bonds. The molecule has 0 bridgehead atoms. The third kappa shape index (κ3) is 6.51. The maximum atomic E-state index is 14.3. The Morgan fingerprint density at radius 1 is 1.20 bits per heavy atom. The van der Waals surface area contributed by atoms with E-state index in [1.54, 1.807) is 6.92 Å². The molecular weight excluding hydrogens is 638 g/mol. The predicted molar refractivity (Wildman–Crippen MR) is 160 cm³/mol. The van der Waals surface area contributed by atoms with Crippen LogP contribution < -0.4 is 20.5 Å². The monoisotopic (exact) mass is 665 g/mol. The van der Waals surface area contributed by atoms with Crippen LogP contribution in [0.1, 0.15) is 47.9 Å². The number of aromatic nitrogens is 3. The normalized spacial score (nSPS) is 14.4. The van der Waals surface area contributed by atoms with E-state index in [4.69, 9.17) is 43.4 Å². The second-order valence-electron chi connectivity index (χ2n) is 10.6. The number of nitrogens with zero attached hydrogens (tertiary/aromatic N) is 3. The van der Waals surface area contributed by atoms with E-state index in [0.717, 1.165) is 6.20 Å². The molecule has 4 N–H and O–H groups in total. The fraction of sp³-hybridized carbons (Fsp3) is 0.333. The van der Waals surface area contributed by atoms with Gasteiger partial charge in [-0.15, -0.1) is 0 Å². The molecule has 238 valence electrons. The Morgan fingerprint density at radius 3 is 2.47 bits per heavy atom. The molecular formula is C30H28Cl2F3N5O5. The molecule has 1 aliphatic rings. The number of hydrogen-bond donors (Lipinski definition) is 3. The van der Waals surface area contributed by atoms with Crippen LogP contribution >= 0.6 is 23.2 Å². The maximum Gasteiger partial charge on any atom is 0.333 e. The lowest BCUT2D eigenvalue weighted by Gasteiger charge is -2.30. The smallest absolute Gasteiger partial charge is 0.333 e. The van der Waals surface area contributed by atoms with Gasteiger partial charge in [-0.2, -0.15) is 13.9 Å². The topological polar surface area (TPSA) is 142 Å². The Morgan fingerprint density at radius 2 is 1.89 bits per heavy atom. The van der Waals surface area contributed by atoms with Crippen molar-refractivity contribution in [2.45, 2.75) is 38.3 Å². The fourth-order valence-electron chi connectivity index (χ4n) is 5.15. The van der Waals surface area contributed by atoms with Gasteiger partial charge in [0.15, 0.2) is 5.82 Å². The van der Waals surface area contributed by atoms with Crippen molar-refractivity contribution >= 4 is 45.9 Å². The van der Waals surface area contributed by atoms with Crippen LogP contribution in [0.3, 0.4) is 0 Å². The highest BCUT2D eigenvalue weighted by atomic mass is 35.5. The first kappa shape index (κ1) is 32.3. The number of halogens is 5. The SMILES string of the molecule is CCOc1c(CC(N)=O)cc([C@@](O)(CNC(=O)c2cc(OC)c3nn(C(F)F)cc3c2)C2CC2)nc1-c1cc(Cl)c(F)c(Cl)c1. The van der Waals surface area contributed by atoms with Gasteiger partial charge in [0.2, 0.25) is 5.91 Å². The summed E-state index contributed by atoms with van der Waals surface area (Å²) in [6.45, 7) is -1.30. The summed E-state index contributed by atoms with van der Waals surface area (Å²) in [5, 5.41) is 18.3. The van der Waals surface area contributed by atoms with Gasteiger partial charge in [0.1, 0.15) is 28.3 Å². The number of pyridine rings is 1. The van der Waals surface area contributed by atoms with Crippen molar-refractivity contribution in [3.63, 3.8) is 0 Å². The summed E-state index contributed by atoms with van der Waals surface area (Å²) in [5.74, 6) is -2.18. The first-order chi connectivity index (χ1) is 21.4. The van der Waals surface area contributed by atoms with E-state index in [1.165, 1.54) is 37.4 Å². The zero-order valence-electron chi connectivity index (χ0n) is 24.0. The summed E-state index contributed by atoms with van der Waals surface area (Å²) in [5.41, 5.74) is 4.83. The van der Waals surface area contributed by atoms with Gasteiger partial charge in [-0.3, -0.25) is 9.59 Å². The van der Waals surface area contributed by atoms with E-state index in [9.17, 15) is 27.9 Å². The molecule has 0 radical (unpaired) electrons. The van der Waals surface area contributed by atoms with Crippen LogP contribution in [0.4, 0.5) is 13.2 Å². The number of alkyl halides is 2. The van der Waals surface area contributed by atoms with Crippen LogP contribution in [0, 0.1) is 11.7 Å². The van der Waals surface area contributed by atoms with Crippen LogP contribution in [-0.2, 0) is 16.8 Å². The number of hydrogen-bond acceptors (Lipinski definition) is 7. The predicted octanol–water partition coefficient (Wildman–Crippen LogP) is 5.40. The second-order valence-corrected chi connectivity index (χ2v) is 11.4. The Kier molecular flexibility index (Phi) is 9.15. The minimum absolute atomic E-state index is 0.0802. The average molecular weight is 666 g/mol. The highest BCUT2D eigenvalue weighted by Gasteiger charge is 2.47. The summed E-state index contributed by atoms with van der Waals surface area (Å²) >= 11 is 12.2. The number of aliphatic hydroxyl groups is 1. The molecule has 10 nitrogen and oxygen atoms in total. The number of primary amides is 1. The summed E-state index contributed by atoms with van der Waals surface area (Å²) in [6, 6.07) is 6.82. The fourth-order valence-corrected chi connectivity index (χ4v) is 5.64. The quantitative estimate of drug-likeness (QED) is 0.172. The molecule has 1 aliphatic carbocycles. The van der Waals surface area contributed by atoms with Crippen LogP contribution in [0.5, 0.6) is 11.5 Å². The summed E-state index contributed by atoms with van der Waals surface area (Å²) in [7, 11) is 1.32. The molecule has 1 fully saturated rings. The summed E-state index contributed by atoms with van der Waals surface area (Å²) in [4.78, 5) is 30.1. The Hall–Kier alpha value is -4.07. The van der Waals surface area contributed by atoms with Crippen molar-refractivity contribution in [3.8, 4) is 22.8 Å². The molecule has 15 heteroatoms. The van der Waals surface area contributed by atoms with E-state index in [1.807, 2.05) is 0 Å². The van der Waals surface area contributed by atoms with Crippen molar-refractivity contribution in [1.82, 2.24) is 20.1 Å². The maximum absolute atomic E-state index is 14.3. The van der Waals surface area contributed by atoms with Gasteiger partial charge < -0.3 is 25.6 Å². The van der Waals surface area contributed by atoms with Crippen molar-refractivity contribution in [3.05, 3.63) is 69.2 Å². The highest BCUT2D eigenvalue weighted by molar-refractivity contribution is 6.35. The van der Waals surface area contributed by atoms with E-state index >= 15 is 0 Å². The molecule has 1 atom stereocenters. The van der Waals surface area contributed by atoms with Gasteiger partial charge in [-0.1, -0.05) is 23.2 Å². The number of carbonyl (C=O) groups excluding carboxylic acids is 2. The molecule has 5 rings (SSSR count). The van der Waals surface area contributed by atoms with Crippen molar-refractivity contribution in [2.75, 3.05) is 20.3 Å². The first-order valence-electron chi connectivity index (χ1n) is 13.8. The zero-order chi connectivity index (χ0) is 32.6. The van der Waals surface area contributed by atoms with Crippen LogP contribution in [0.2, 0.25) is 10.0 Å². The molecule has 4 aromatic rings. The molecule has 2 aromatic carbocycles. The second kappa shape index (κ2) is 12.7. The number of methoxy groups -OCH3 is 1. The third-order valence-electron chi connectivity index (χ3n) is 7.45. The van der Waals surface area contributed by atoms with Gasteiger partial charge in [0.25, 0.3) is 5.91 Å². The number of ether oxygens (including phenoxy) is 2. The molecule has 0 aliphatic heterocycles. The molecule has 2 heterocycles. The van der Waals surface area contributed by atoms with E-state index < -0.39 is 29.8 Å². The lowest BCUT2D eigenvalue weighted by molar-refractivity contribution is -0.117. The largest absolute Gasteiger partial charge is 0.494 e. The molecule has 0 saturated heterocycles. The van der Waals surface area contributed by atoms with Gasteiger partial charge >= 0.3 is 6.55 Å². The average Bonchev–Trinajstić information content (AvgIpc) is 3.77. The Bertz CT molecular complexity index is 1780. The minimum atomic E-state index is -2.89. The van der Waals surface area contributed by atoms with E-state index in [-0.39, 0.29) is 80.5 Å². The molecule has 0 unspecified atom stereocenters. The number of carbonyl (C=O) groups is 2.